The zero-order chi connectivity index (χ0) is 18.4. The third-order valence-corrected chi connectivity index (χ3v) is 5.35. The van der Waals surface area contributed by atoms with Crippen molar-refractivity contribution in [2.75, 3.05) is 44.2 Å². The summed E-state index contributed by atoms with van der Waals surface area (Å²) in [6, 6.07) is 15.1. The van der Waals surface area contributed by atoms with Crippen molar-refractivity contribution in [3.63, 3.8) is 0 Å². The Morgan fingerprint density at radius 2 is 1.69 bits per heavy atom. The number of halogens is 2. The average molecular weight is 392 g/mol. The van der Waals surface area contributed by atoms with Crippen molar-refractivity contribution in [2.45, 2.75) is 6.42 Å². The molecule has 4 nitrogen and oxygen atoms in total. The third kappa shape index (κ3) is 5.13. The number of carbonyl (C=O) groups excluding carboxylic acids is 1. The van der Waals surface area contributed by atoms with Crippen LogP contribution in [0.4, 0.5) is 5.69 Å². The van der Waals surface area contributed by atoms with Gasteiger partial charge in [0.1, 0.15) is 0 Å². The van der Waals surface area contributed by atoms with E-state index in [1.54, 1.807) is 0 Å². The first kappa shape index (κ1) is 19.0. The van der Waals surface area contributed by atoms with Gasteiger partial charge < -0.3 is 10.2 Å². The second-order valence-electron chi connectivity index (χ2n) is 6.40. The van der Waals surface area contributed by atoms with Gasteiger partial charge in [-0.25, -0.2) is 0 Å². The maximum atomic E-state index is 12.0. The third-order valence-electron chi connectivity index (χ3n) is 4.61. The fourth-order valence-electron chi connectivity index (χ4n) is 3.11. The van der Waals surface area contributed by atoms with Gasteiger partial charge in [0.25, 0.3) is 5.91 Å². The average Bonchev–Trinajstić information content (AvgIpc) is 2.68. The van der Waals surface area contributed by atoms with Crippen LogP contribution in [0.3, 0.4) is 0 Å². The lowest BCUT2D eigenvalue weighted by atomic mass is 10.2. The molecule has 1 fully saturated rings. The van der Waals surface area contributed by atoms with Crippen LogP contribution in [0, 0.1) is 0 Å². The Labute approximate surface area is 164 Å². The summed E-state index contributed by atoms with van der Waals surface area (Å²) in [5.74, 6) is -0.00460. The Bertz CT molecular complexity index is 731. The van der Waals surface area contributed by atoms with E-state index in [2.05, 4.69) is 15.1 Å². The number of carbonyl (C=O) groups is 1. The number of nitrogens with zero attached hydrogens (tertiary/aromatic N) is 2. The van der Waals surface area contributed by atoms with Crippen molar-refractivity contribution in [1.82, 2.24) is 10.2 Å². The Morgan fingerprint density at radius 3 is 2.38 bits per heavy atom. The summed E-state index contributed by atoms with van der Waals surface area (Å²) in [7, 11) is 0. The number of anilines is 1. The number of piperazine rings is 1. The number of rotatable bonds is 6. The van der Waals surface area contributed by atoms with E-state index in [1.807, 2.05) is 48.5 Å². The summed E-state index contributed by atoms with van der Waals surface area (Å²) < 4.78 is 0. The number of amides is 1. The van der Waals surface area contributed by atoms with Gasteiger partial charge in [0.15, 0.2) is 0 Å². The van der Waals surface area contributed by atoms with Gasteiger partial charge in [0, 0.05) is 44.0 Å². The maximum absolute atomic E-state index is 12.0. The van der Waals surface area contributed by atoms with Crippen LogP contribution >= 0.6 is 23.2 Å². The Kier molecular flexibility index (Phi) is 6.78. The molecule has 1 aliphatic heterocycles. The molecule has 138 valence electrons. The van der Waals surface area contributed by atoms with Gasteiger partial charge in [-0.1, -0.05) is 41.4 Å². The van der Waals surface area contributed by atoms with Crippen LogP contribution in [0.25, 0.3) is 0 Å². The molecule has 1 saturated heterocycles. The Hall–Kier alpha value is -1.75. The molecule has 0 atom stereocenters. The maximum Gasteiger partial charge on any atom is 0.251 e. The lowest BCUT2D eigenvalue weighted by molar-refractivity contribution is 0.0951. The van der Waals surface area contributed by atoms with Crippen molar-refractivity contribution in [3.05, 3.63) is 64.1 Å². The van der Waals surface area contributed by atoms with E-state index >= 15 is 0 Å². The normalized spacial score (nSPS) is 15.1. The van der Waals surface area contributed by atoms with Gasteiger partial charge in [-0.2, -0.15) is 0 Å². The largest absolute Gasteiger partial charge is 0.369 e. The summed E-state index contributed by atoms with van der Waals surface area (Å²) in [6.45, 7) is 5.63. The van der Waals surface area contributed by atoms with Crippen molar-refractivity contribution >= 4 is 34.8 Å². The number of hydrogen-bond donors (Lipinski definition) is 1. The van der Waals surface area contributed by atoms with Crippen molar-refractivity contribution in [1.29, 1.82) is 0 Å². The number of hydrogen-bond acceptors (Lipinski definition) is 3. The molecule has 1 aliphatic rings. The zero-order valence-electron chi connectivity index (χ0n) is 14.6. The molecule has 1 N–H and O–H groups in total. The standard InChI is InChI=1S/C20H23Cl2N3O/c21-18-8-7-17(15-19(18)22)25-13-11-24(12-14-25)10-4-9-23-20(26)16-5-2-1-3-6-16/h1-3,5-8,15H,4,9-14H2,(H,23,26). The SMILES string of the molecule is O=C(NCCCN1CCN(c2ccc(Cl)c(Cl)c2)CC1)c1ccccc1. The highest BCUT2D eigenvalue weighted by Gasteiger charge is 2.17. The second kappa shape index (κ2) is 9.26. The Morgan fingerprint density at radius 1 is 0.962 bits per heavy atom. The molecule has 0 saturated carbocycles. The van der Waals surface area contributed by atoms with Crippen LogP contribution in [0.15, 0.2) is 48.5 Å². The molecule has 2 aromatic rings. The smallest absolute Gasteiger partial charge is 0.251 e. The fourth-order valence-corrected chi connectivity index (χ4v) is 3.40. The van der Waals surface area contributed by atoms with Gasteiger partial charge in [0.05, 0.1) is 10.0 Å². The van der Waals surface area contributed by atoms with E-state index in [0.717, 1.165) is 44.8 Å². The monoisotopic (exact) mass is 391 g/mol. The molecule has 3 rings (SSSR count). The molecule has 0 spiro atoms. The minimum Gasteiger partial charge on any atom is -0.369 e. The topological polar surface area (TPSA) is 35.6 Å². The summed E-state index contributed by atoms with van der Waals surface area (Å²) in [4.78, 5) is 16.8. The van der Waals surface area contributed by atoms with E-state index in [9.17, 15) is 4.79 Å². The van der Waals surface area contributed by atoms with Crippen LogP contribution in [0.5, 0.6) is 0 Å². The minimum absolute atomic E-state index is 0.00460. The molecule has 0 radical (unpaired) electrons. The summed E-state index contributed by atoms with van der Waals surface area (Å²) in [5.41, 5.74) is 1.83. The van der Waals surface area contributed by atoms with Crippen LogP contribution in [-0.4, -0.2) is 50.1 Å². The van der Waals surface area contributed by atoms with Crippen molar-refractivity contribution in [2.24, 2.45) is 0 Å². The summed E-state index contributed by atoms with van der Waals surface area (Å²) in [5, 5.41) is 4.17. The zero-order valence-corrected chi connectivity index (χ0v) is 16.1. The molecular formula is C20H23Cl2N3O. The predicted octanol–water partition coefficient (Wildman–Crippen LogP) is 3.94. The first-order valence-corrected chi connectivity index (χ1v) is 9.65. The van der Waals surface area contributed by atoms with E-state index in [0.29, 0.717) is 22.2 Å². The highest BCUT2D eigenvalue weighted by atomic mass is 35.5. The van der Waals surface area contributed by atoms with Gasteiger partial charge in [-0.15, -0.1) is 0 Å². The highest BCUT2D eigenvalue weighted by molar-refractivity contribution is 6.42. The van der Waals surface area contributed by atoms with Gasteiger partial charge >= 0.3 is 0 Å². The molecule has 0 bridgehead atoms. The molecule has 26 heavy (non-hydrogen) atoms. The quantitative estimate of drug-likeness (QED) is 0.757. The molecule has 1 heterocycles. The molecule has 0 unspecified atom stereocenters. The molecule has 1 amide bonds. The summed E-state index contributed by atoms with van der Waals surface area (Å²) in [6.07, 6.45) is 0.950. The second-order valence-corrected chi connectivity index (χ2v) is 7.22. The molecular weight excluding hydrogens is 369 g/mol. The van der Waals surface area contributed by atoms with Gasteiger partial charge in [-0.3, -0.25) is 9.69 Å². The van der Waals surface area contributed by atoms with Gasteiger partial charge in [0.2, 0.25) is 0 Å². The molecule has 0 aromatic heterocycles. The van der Waals surface area contributed by atoms with Crippen LogP contribution in [0.2, 0.25) is 10.0 Å². The van der Waals surface area contributed by atoms with E-state index in [4.69, 9.17) is 23.2 Å². The minimum atomic E-state index is -0.00460. The van der Waals surface area contributed by atoms with Crippen LogP contribution in [0.1, 0.15) is 16.8 Å². The number of nitrogens with one attached hydrogen (secondary N) is 1. The van der Waals surface area contributed by atoms with Crippen LogP contribution < -0.4 is 10.2 Å². The van der Waals surface area contributed by atoms with Crippen LogP contribution in [-0.2, 0) is 0 Å². The van der Waals surface area contributed by atoms with E-state index in [-0.39, 0.29) is 5.91 Å². The fraction of sp³-hybridized carbons (Fsp3) is 0.350. The molecule has 6 heteroatoms. The lowest BCUT2D eigenvalue weighted by Crippen LogP contribution is -2.47. The van der Waals surface area contributed by atoms with Crippen molar-refractivity contribution < 1.29 is 4.79 Å². The van der Waals surface area contributed by atoms with E-state index < -0.39 is 0 Å². The summed E-state index contributed by atoms with van der Waals surface area (Å²) >= 11 is 12.1. The lowest BCUT2D eigenvalue weighted by Gasteiger charge is -2.36. The Balaban J connectivity index is 1.36. The first-order valence-electron chi connectivity index (χ1n) is 8.89. The first-order chi connectivity index (χ1) is 12.6. The predicted molar refractivity (Wildman–Crippen MR) is 109 cm³/mol. The van der Waals surface area contributed by atoms with E-state index in [1.165, 1.54) is 0 Å². The van der Waals surface area contributed by atoms with Gasteiger partial charge in [-0.05, 0) is 43.3 Å². The van der Waals surface area contributed by atoms with Crippen molar-refractivity contribution in [3.8, 4) is 0 Å². The molecule has 2 aromatic carbocycles. The number of benzene rings is 2. The highest BCUT2D eigenvalue weighted by Crippen LogP contribution is 2.27. The molecule has 0 aliphatic carbocycles.